The number of rotatable bonds is 3. The SMILES string of the molecule is O=c1c2ncc(Br)n2ccn1CCc1ccccc1. The first kappa shape index (κ1) is 12.2. The lowest BCUT2D eigenvalue weighted by Crippen LogP contribution is -2.22. The van der Waals surface area contributed by atoms with Crippen molar-refractivity contribution in [3.63, 3.8) is 0 Å². The Labute approximate surface area is 118 Å². The number of aryl methyl sites for hydroxylation is 2. The van der Waals surface area contributed by atoms with Gasteiger partial charge in [-0.1, -0.05) is 30.3 Å². The predicted molar refractivity (Wildman–Crippen MR) is 77.3 cm³/mol. The van der Waals surface area contributed by atoms with Gasteiger partial charge in [-0.2, -0.15) is 0 Å². The fourth-order valence-electron chi connectivity index (χ4n) is 2.05. The molecular weight excluding hydrogens is 306 g/mol. The zero-order chi connectivity index (χ0) is 13.2. The normalized spacial score (nSPS) is 11.0. The zero-order valence-corrected chi connectivity index (χ0v) is 11.7. The summed E-state index contributed by atoms with van der Waals surface area (Å²) >= 11 is 3.35. The van der Waals surface area contributed by atoms with Gasteiger partial charge in [0.2, 0.25) is 5.65 Å². The third-order valence-corrected chi connectivity index (χ3v) is 3.67. The maximum absolute atomic E-state index is 12.2. The van der Waals surface area contributed by atoms with E-state index in [1.54, 1.807) is 21.4 Å². The van der Waals surface area contributed by atoms with E-state index in [1.807, 2.05) is 24.4 Å². The highest BCUT2D eigenvalue weighted by Crippen LogP contribution is 2.09. The first-order valence-corrected chi connectivity index (χ1v) is 6.81. The van der Waals surface area contributed by atoms with Crippen LogP contribution in [0.25, 0.3) is 5.65 Å². The number of halogens is 1. The Morgan fingerprint density at radius 2 is 1.95 bits per heavy atom. The molecule has 0 saturated carbocycles. The summed E-state index contributed by atoms with van der Waals surface area (Å²) in [5.41, 5.74) is 1.60. The lowest BCUT2D eigenvalue weighted by atomic mass is 10.1. The maximum atomic E-state index is 12.2. The summed E-state index contributed by atoms with van der Waals surface area (Å²) in [6.45, 7) is 0.657. The standard InChI is InChI=1S/C14H12BrN3O/c15-12-10-16-13-14(19)17(8-9-18(12)13)7-6-11-4-2-1-3-5-11/h1-5,8-10H,6-7H2. The molecule has 0 aliphatic rings. The second kappa shape index (κ2) is 5.01. The Balaban J connectivity index is 1.90. The summed E-state index contributed by atoms with van der Waals surface area (Å²) in [6.07, 6.45) is 6.11. The Bertz CT molecular complexity index is 761. The molecule has 0 saturated heterocycles. The van der Waals surface area contributed by atoms with Crippen LogP contribution in [0.5, 0.6) is 0 Å². The molecule has 3 rings (SSSR count). The molecule has 0 aliphatic carbocycles. The molecule has 19 heavy (non-hydrogen) atoms. The summed E-state index contributed by atoms with van der Waals surface area (Å²) in [7, 11) is 0. The van der Waals surface area contributed by atoms with Crippen LogP contribution in [0.1, 0.15) is 5.56 Å². The average molecular weight is 318 g/mol. The van der Waals surface area contributed by atoms with E-state index in [0.717, 1.165) is 11.0 Å². The summed E-state index contributed by atoms with van der Waals surface area (Å²) in [4.78, 5) is 16.3. The minimum absolute atomic E-state index is 0.0656. The number of imidazole rings is 1. The highest BCUT2D eigenvalue weighted by molar-refractivity contribution is 9.10. The second-order valence-electron chi connectivity index (χ2n) is 4.31. The van der Waals surface area contributed by atoms with Crippen LogP contribution < -0.4 is 5.56 Å². The van der Waals surface area contributed by atoms with Gasteiger partial charge in [0.05, 0.1) is 6.20 Å². The van der Waals surface area contributed by atoms with Crippen LogP contribution in [0.2, 0.25) is 0 Å². The van der Waals surface area contributed by atoms with Gasteiger partial charge in [0.25, 0.3) is 5.56 Å². The summed E-state index contributed by atoms with van der Waals surface area (Å²) in [6, 6.07) is 10.1. The van der Waals surface area contributed by atoms with Crippen LogP contribution in [0.4, 0.5) is 0 Å². The van der Waals surface area contributed by atoms with E-state index in [9.17, 15) is 4.79 Å². The Morgan fingerprint density at radius 3 is 2.74 bits per heavy atom. The number of fused-ring (bicyclic) bond motifs is 1. The smallest absolute Gasteiger partial charge is 0.294 e. The molecule has 0 amide bonds. The van der Waals surface area contributed by atoms with Crippen LogP contribution in [-0.2, 0) is 13.0 Å². The Hall–Kier alpha value is -1.88. The van der Waals surface area contributed by atoms with Gasteiger partial charge in [-0.3, -0.25) is 9.20 Å². The zero-order valence-electron chi connectivity index (χ0n) is 10.2. The van der Waals surface area contributed by atoms with E-state index in [4.69, 9.17) is 0 Å². The molecule has 5 heteroatoms. The molecule has 0 unspecified atom stereocenters. The third-order valence-electron chi connectivity index (χ3n) is 3.08. The van der Waals surface area contributed by atoms with Gasteiger partial charge >= 0.3 is 0 Å². The summed E-state index contributed by atoms with van der Waals surface area (Å²) in [5, 5.41) is 0. The van der Waals surface area contributed by atoms with E-state index < -0.39 is 0 Å². The van der Waals surface area contributed by atoms with Crippen LogP contribution in [0.15, 0.2) is 58.3 Å². The predicted octanol–water partition coefficient (Wildman–Crippen LogP) is 2.50. The van der Waals surface area contributed by atoms with Gasteiger partial charge in [0, 0.05) is 18.9 Å². The topological polar surface area (TPSA) is 39.3 Å². The van der Waals surface area contributed by atoms with Crippen molar-refractivity contribution < 1.29 is 0 Å². The molecule has 0 aliphatic heterocycles. The summed E-state index contributed by atoms with van der Waals surface area (Å²) in [5.74, 6) is 0. The van der Waals surface area contributed by atoms with Crippen molar-refractivity contribution in [2.75, 3.05) is 0 Å². The highest BCUT2D eigenvalue weighted by atomic mass is 79.9. The van der Waals surface area contributed by atoms with Crippen molar-refractivity contribution in [2.45, 2.75) is 13.0 Å². The molecule has 0 atom stereocenters. The largest absolute Gasteiger partial charge is 0.311 e. The van der Waals surface area contributed by atoms with Crippen molar-refractivity contribution in [2.24, 2.45) is 0 Å². The van der Waals surface area contributed by atoms with Gasteiger partial charge in [0.1, 0.15) is 4.60 Å². The van der Waals surface area contributed by atoms with E-state index >= 15 is 0 Å². The quantitative estimate of drug-likeness (QED) is 0.744. The van der Waals surface area contributed by atoms with Crippen molar-refractivity contribution in [3.05, 3.63) is 69.4 Å². The molecule has 96 valence electrons. The second-order valence-corrected chi connectivity index (χ2v) is 5.12. The number of hydrogen-bond donors (Lipinski definition) is 0. The van der Waals surface area contributed by atoms with E-state index in [1.165, 1.54) is 5.56 Å². The van der Waals surface area contributed by atoms with Crippen LogP contribution >= 0.6 is 15.9 Å². The Morgan fingerprint density at radius 1 is 1.16 bits per heavy atom. The van der Waals surface area contributed by atoms with Gasteiger partial charge in [0.15, 0.2) is 0 Å². The molecule has 0 N–H and O–H groups in total. The average Bonchev–Trinajstić information content (AvgIpc) is 2.82. The Kier molecular flexibility index (Phi) is 3.21. The summed E-state index contributed by atoms with van der Waals surface area (Å²) < 4.78 is 4.22. The van der Waals surface area contributed by atoms with Crippen molar-refractivity contribution in [3.8, 4) is 0 Å². The number of hydrogen-bond acceptors (Lipinski definition) is 2. The molecule has 0 spiro atoms. The fourth-order valence-corrected chi connectivity index (χ4v) is 2.44. The number of benzene rings is 1. The molecule has 3 aromatic rings. The van der Waals surface area contributed by atoms with Gasteiger partial charge in [-0.25, -0.2) is 4.98 Å². The monoisotopic (exact) mass is 317 g/mol. The highest BCUT2D eigenvalue weighted by Gasteiger charge is 2.06. The van der Waals surface area contributed by atoms with Gasteiger partial charge in [-0.05, 0) is 27.9 Å². The minimum atomic E-state index is -0.0656. The molecule has 0 radical (unpaired) electrons. The maximum Gasteiger partial charge on any atom is 0.294 e. The van der Waals surface area contributed by atoms with Crippen LogP contribution in [0.3, 0.4) is 0 Å². The molecular formula is C14H12BrN3O. The number of nitrogens with zero attached hydrogens (tertiary/aromatic N) is 3. The third kappa shape index (κ3) is 2.33. The van der Waals surface area contributed by atoms with E-state index in [0.29, 0.717) is 12.2 Å². The van der Waals surface area contributed by atoms with Crippen LogP contribution in [0, 0.1) is 0 Å². The first-order chi connectivity index (χ1) is 9.25. The molecule has 2 heterocycles. The fraction of sp³-hybridized carbons (Fsp3) is 0.143. The molecule has 4 nitrogen and oxygen atoms in total. The molecule has 0 fully saturated rings. The van der Waals surface area contributed by atoms with E-state index in [-0.39, 0.29) is 5.56 Å². The van der Waals surface area contributed by atoms with Crippen molar-refractivity contribution in [1.29, 1.82) is 0 Å². The van der Waals surface area contributed by atoms with Crippen molar-refractivity contribution in [1.82, 2.24) is 14.0 Å². The molecule has 2 aromatic heterocycles. The van der Waals surface area contributed by atoms with E-state index in [2.05, 4.69) is 33.0 Å². The molecule has 1 aromatic carbocycles. The lowest BCUT2D eigenvalue weighted by Gasteiger charge is -2.06. The van der Waals surface area contributed by atoms with Gasteiger partial charge in [-0.15, -0.1) is 0 Å². The number of aromatic nitrogens is 3. The lowest BCUT2D eigenvalue weighted by molar-refractivity contribution is 0.665. The van der Waals surface area contributed by atoms with Crippen LogP contribution in [-0.4, -0.2) is 14.0 Å². The first-order valence-electron chi connectivity index (χ1n) is 6.01. The minimum Gasteiger partial charge on any atom is -0.311 e. The molecule has 0 bridgehead atoms. The van der Waals surface area contributed by atoms with Gasteiger partial charge < -0.3 is 4.57 Å². The van der Waals surface area contributed by atoms with Crippen molar-refractivity contribution >= 4 is 21.6 Å².